The van der Waals surface area contributed by atoms with E-state index in [0.29, 0.717) is 6.61 Å². The molecule has 0 radical (unpaired) electrons. The van der Waals surface area contributed by atoms with Crippen molar-refractivity contribution in [1.82, 2.24) is 5.32 Å². The largest absolute Gasteiger partial charge is 0.383 e. The molecule has 0 saturated carbocycles. The average Bonchev–Trinajstić information content (AvgIpc) is 2.36. The molecule has 1 aromatic carbocycles. The van der Waals surface area contributed by atoms with E-state index in [1.165, 1.54) is 6.07 Å². The Kier molecular flexibility index (Phi) is 6.09. The van der Waals surface area contributed by atoms with Gasteiger partial charge in [-0.3, -0.25) is 0 Å². The molecule has 0 aliphatic carbocycles. The van der Waals surface area contributed by atoms with Gasteiger partial charge in [-0.1, -0.05) is 6.92 Å². The fourth-order valence-electron chi connectivity index (χ4n) is 1.98. The Morgan fingerprint density at radius 1 is 1.44 bits per heavy atom. The number of likely N-dealkylation sites (N-methyl/N-ethyl adjacent to an activating group) is 1. The number of rotatable bonds is 7. The van der Waals surface area contributed by atoms with Crippen molar-refractivity contribution in [2.75, 3.05) is 38.8 Å². The lowest BCUT2D eigenvalue weighted by Gasteiger charge is -2.25. The second kappa shape index (κ2) is 7.34. The lowest BCUT2D eigenvalue weighted by Crippen LogP contribution is -2.26. The van der Waals surface area contributed by atoms with Gasteiger partial charge < -0.3 is 15.0 Å². The normalized spacial score (nSPS) is 12.5. The highest BCUT2D eigenvalue weighted by Gasteiger charge is 2.13. The van der Waals surface area contributed by atoms with Crippen LogP contribution in [0.4, 0.5) is 10.1 Å². The first-order chi connectivity index (χ1) is 8.60. The van der Waals surface area contributed by atoms with Crippen molar-refractivity contribution in [3.8, 4) is 0 Å². The van der Waals surface area contributed by atoms with Crippen LogP contribution in [0.15, 0.2) is 18.2 Å². The minimum Gasteiger partial charge on any atom is -0.383 e. The van der Waals surface area contributed by atoms with Crippen LogP contribution in [-0.2, 0) is 4.74 Å². The van der Waals surface area contributed by atoms with E-state index in [2.05, 4.69) is 10.2 Å². The summed E-state index contributed by atoms with van der Waals surface area (Å²) in [5.74, 6) is -0.196. The molecule has 1 unspecified atom stereocenters. The number of hydrogen-bond acceptors (Lipinski definition) is 3. The van der Waals surface area contributed by atoms with Gasteiger partial charge in [-0.2, -0.15) is 0 Å². The SMILES string of the molecule is CCNC(C)c1cc(F)ccc1N(C)CCOC. The topological polar surface area (TPSA) is 24.5 Å². The van der Waals surface area contributed by atoms with Gasteiger partial charge in [-0.25, -0.2) is 4.39 Å². The summed E-state index contributed by atoms with van der Waals surface area (Å²) in [6.07, 6.45) is 0. The minimum absolute atomic E-state index is 0.130. The van der Waals surface area contributed by atoms with Gasteiger partial charge in [0.1, 0.15) is 5.82 Å². The van der Waals surface area contributed by atoms with E-state index < -0.39 is 0 Å². The van der Waals surface area contributed by atoms with Gasteiger partial charge in [-0.05, 0) is 37.2 Å². The van der Waals surface area contributed by atoms with Gasteiger partial charge in [-0.15, -0.1) is 0 Å². The monoisotopic (exact) mass is 254 g/mol. The fraction of sp³-hybridized carbons (Fsp3) is 0.571. The molecule has 4 heteroatoms. The first-order valence-corrected chi connectivity index (χ1v) is 6.33. The maximum Gasteiger partial charge on any atom is 0.123 e. The fourth-order valence-corrected chi connectivity index (χ4v) is 1.98. The number of hydrogen-bond donors (Lipinski definition) is 1. The summed E-state index contributed by atoms with van der Waals surface area (Å²) < 4.78 is 18.5. The third-order valence-electron chi connectivity index (χ3n) is 3.01. The third kappa shape index (κ3) is 3.96. The lowest BCUT2D eigenvalue weighted by molar-refractivity contribution is 0.206. The molecule has 18 heavy (non-hydrogen) atoms. The van der Waals surface area contributed by atoms with Crippen molar-refractivity contribution < 1.29 is 9.13 Å². The number of ether oxygens (including phenoxy) is 1. The molecule has 3 nitrogen and oxygen atoms in total. The Bertz CT molecular complexity index is 371. The average molecular weight is 254 g/mol. The highest BCUT2D eigenvalue weighted by atomic mass is 19.1. The second-order valence-electron chi connectivity index (χ2n) is 4.40. The molecule has 0 aliphatic rings. The minimum atomic E-state index is -0.196. The summed E-state index contributed by atoms with van der Waals surface area (Å²) in [7, 11) is 3.68. The highest BCUT2D eigenvalue weighted by molar-refractivity contribution is 5.54. The first-order valence-electron chi connectivity index (χ1n) is 6.33. The van der Waals surface area contributed by atoms with E-state index in [4.69, 9.17) is 4.74 Å². The van der Waals surface area contributed by atoms with Gasteiger partial charge in [0.05, 0.1) is 6.61 Å². The van der Waals surface area contributed by atoms with Crippen LogP contribution in [0, 0.1) is 5.82 Å². The summed E-state index contributed by atoms with van der Waals surface area (Å²) in [5.41, 5.74) is 2.03. The molecule has 0 aromatic heterocycles. The summed E-state index contributed by atoms with van der Waals surface area (Å²) in [6.45, 7) is 6.39. The summed E-state index contributed by atoms with van der Waals surface area (Å²) in [5, 5.41) is 3.32. The molecular formula is C14H23FN2O. The van der Waals surface area contributed by atoms with Crippen LogP contribution in [-0.4, -0.2) is 33.9 Å². The molecule has 0 amide bonds. The van der Waals surface area contributed by atoms with Crippen LogP contribution in [0.2, 0.25) is 0 Å². The molecule has 0 bridgehead atoms. The second-order valence-corrected chi connectivity index (χ2v) is 4.40. The Balaban J connectivity index is 2.95. The molecule has 0 heterocycles. The van der Waals surface area contributed by atoms with Crippen molar-refractivity contribution in [1.29, 1.82) is 0 Å². The predicted octanol–water partition coefficient (Wildman–Crippen LogP) is 2.58. The number of nitrogens with zero attached hydrogens (tertiary/aromatic N) is 1. The Morgan fingerprint density at radius 3 is 2.78 bits per heavy atom. The van der Waals surface area contributed by atoms with Crippen molar-refractivity contribution in [2.45, 2.75) is 19.9 Å². The van der Waals surface area contributed by atoms with E-state index in [1.54, 1.807) is 13.2 Å². The van der Waals surface area contributed by atoms with Gasteiger partial charge in [0, 0.05) is 32.4 Å². The van der Waals surface area contributed by atoms with Crippen molar-refractivity contribution in [2.24, 2.45) is 0 Å². The van der Waals surface area contributed by atoms with E-state index in [0.717, 1.165) is 24.3 Å². The molecule has 1 aromatic rings. The molecule has 102 valence electrons. The zero-order valence-corrected chi connectivity index (χ0v) is 11.7. The molecular weight excluding hydrogens is 231 g/mol. The van der Waals surface area contributed by atoms with E-state index in [-0.39, 0.29) is 11.9 Å². The molecule has 1 N–H and O–H groups in total. The van der Waals surface area contributed by atoms with E-state index in [9.17, 15) is 4.39 Å². The number of methoxy groups -OCH3 is 1. The zero-order chi connectivity index (χ0) is 13.5. The van der Waals surface area contributed by atoms with Crippen LogP contribution in [0.5, 0.6) is 0 Å². The Labute approximate surface area is 109 Å². The van der Waals surface area contributed by atoms with Gasteiger partial charge >= 0.3 is 0 Å². The van der Waals surface area contributed by atoms with Crippen LogP contribution in [0.25, 0.3) is 0 Å². The zero-order valence-electron chi connectivity index (χ0n) is 11.7. The Hall–Kier alpha value is -1.13. The van der Waals surface area contributed by atoms with E-state index >= 15 is 0 Å². The lowest BCUT2D eigenvalue weighted by atomic mass is 10.0. The highest BCUT2D eigenvalue weighted by Crippen LogP contribution is 2.26. The van der Waals surface area contributed by atoms with Crippen LogP contribution >= 0.6 is 0 Å². The molecule has 0 aliphatic heterocycles. The smallest absolute Gasteiger partial charge is 0.123 e. The van der Waals surface area contributed by atoms with Crippen molar-refractivity contribution in [3.63, 3.8) is 0 Å². The molecule has 0 saturated heterocycles. The number of nitrogens with one attached hydrogen (secondary N) is 1. The van der Waals surface area contributed by atoms with Crippen molar-refractivity contribution >= 4 is 5.69 Å². The maximum atomic E-state index is 13.4. The quantitative estimate of drug-likeness (QED) is 0.809. The molecule has 1 atom stereocenters. The number of halogens is 1. The van der Waals surface area contributed by atoms with E-state index in [1.807, 2.05) is 27.0 Å². The van der Waals surface area contributed by atoms with Crippen LogP contribution in [0.3, 0.4) is 0 Å². The first kappa shape index (κ1) is 14.9. The third-order valence-corrected chi connectivity index (χ3v) is 3.01. The molecule has 1 rings (SSSR count). The summed E-state index contributed by atoms with van der Waals surface area (Å²) in [4.78, 5) is 2.09. The van der Waals surface area contributed by atoms with Gasteiger partial charge in [0.25, 0.3) is 0 Å². The van der Waals surface area contributed by atoms with Crippen LogP contribution < -0.4 is 10.2 Å². The standard InChI is InChI=1S/C14H23FN2O/c1-5-16-11(2)13-10-12(15)6-7-14(13)17(3)8-9-18-4/h6-7,10-11,16H,5,8-9H2,1-4H3. The predicted molar refractivity (Wildman–Crippen MR) is 73.6 cm³/mol. The summed E-state index contributed by atoms with van der Waals surface area (Å²) >= 11 is 0. The van der Waals surface area contributed by atoms with Crippen LogP contribution in [0.1, 0.15) is 25.5 Å². The maximum absolute atomic E-state index is 13.4. The molecule has 0 fully saturated rings. The van der Waals surface area contributed by atoms with Gasteiger partial charge in [0.15, 0.2) is 0 Å². The summed E-state index contributed by atoms with van der Waals surface area (Å²) in [6, 6.07) is 5.06. The number of anilines is 1. The van der Waals surface area contributed by atoms with Gasteiger partial charge in [0.2, 0.25) is 0 Å². The Morgan fingerprint density at radius 2 is 2.17 bits per heavy atom. The number of benzene rings is 1. The molecule has 0 spiro atoms. The van der Waals surface area contributed by atoms with Crippen molar-refractivity contribution in [3.05, 3.63) is 29.6 Å².